The minimum Gasteiger partial charge on any atom is -0.484 e. The largest absolute Gasteiger partial charge is 0.484 e. The zero-order valence-corrected chi connectivity index (χ0v) is 11.7. The molecule has 2 rings (SSSR count). The summed E-state index contributed by atoms with van der Waals surface area (Å²) in [4.78, 5) is 11.6. The van der Waals surface area contributed by atoms with Gasteiger partial charge in [0.05, 0.1) is 0 Å². The van der Waals surface area contributed by atoms with Crippen LogP contribution in [0.5, 0.6) is 5.75 Å². The zero-order chi connectivity index (χ0) is 14.2. The van der Waals surface area contributed by atoms with Crippen molar-refractivity contribution in [2.75, 3.05) is 13.2 Å². The quantitative estimate of drug-likeness (QED) is 0.786. The van der Waals surface area contributed by atoms with Crippen molar-refractivity contribution < 1.29 is 9.53 Å². The highest BCUT2D eigenvalue weighted by atomic mass is 16.5. The maximum atomic E-state index is 11.6. The number of rotatable bonds is 7. The van der Waals surface area contributed by atoms with Crippen molar-refractivity contribution in [3.05, 3.63) is 54.4 Å². The molecule has 0 radical (unpaired) electrons. The van der Waals surface area contributed by atoms with E-state index in [-0.39, 0.29) is 12.5 Å². The summed E-state index contributed by atoms with van der Waals surface area (Å²) >= 11 is 0. The van der Waals surface area contributed by atoms with Crippen LogP contribution >= 0.6 is 0 Å². The first-order valence-corrected chi connectivity index (χ1v) is 6.81. The molecule has 1 aromatic heterocycles. The molecule has 0 saturated carbocycles. The first-order chi connectivity index (χ1) is 9.75. The van der Waals surface area contributed by atoms with Crippen LogP contribution in [0, 0.1) is 6.92 Å². The average molecular weight is 272 g/mol. The number of nitrogens with zero attached hydrogens (tertiary/aromatic N) is 1. The third-order valence-electron chi connectivity index (χ3n) is 3.03. The van der Waals surface area contributed by atoms with Crippen molar-refractivity contribution >= 4 is 5.91 Å². The van der Waals surface area contributed by atoms with Gasteiger partial charge in [-0.3, -0.25) is 4.79 Å². The second-order valence-electron chi connectivity index (χ2n) is 4.68. The van der Waals surface area contributed by atoms with Gasteiger partial charge in [-0.05, 0) is 37.1 Å². The zero-order valence-electron chi connectivity index (χ0n) is 11.7. The molecule has 106 valence electrons. The van der Waals surface area contributed by atoms with Crippen LogP contribution < -0.4 is 10.1 Å². The van der Waals surface area contributed by atoms with E-state index >= 15 is 0 Å². The van der Waals surface area contributed by atoms with Crippen molar-refractivity contribution in [3.63, 3.8) is 0 Å². The van der Waals surface area contributed by atoms with Gasteiger partial charge in [-0.15, -0.1) is 0 Å². The lowest BCUT2D eigenvalue weighted by Gasteiger charge is -2.09. The number of nitrogens with one attached hydrogen (secondary N) is 1. The molecule has 0 unspecified atom stereocenters. The molecule has 0 spiro atoms. The molecular weight excluding hydrogens is 252 g/mol. The number of carbonyl (C=O) groups excluding carboxylic acids is 1. The van der Waals surface area contributed by atoms with Crippen LogP contribution in [-0.4, -0.2) is 23.6 Å². The molecule has 2 aromatic rings. The van der Waals surface area contributed by atoms with Crippen LogP contribution in [0.4, 0.5) is 0 Å². The highest BCUT2D eigenvalue weighted by Crippen LogP contribution is 2.15. The van der Waals surface area contributed by atoms with E-state index in [1.54, 1.807) is 0 Å². The first kappa shape index (κ1) is 14.2. The molecule has 0 fully saturated rings. The van der Waals surface area contributed by atoms with Crippen LogP contribution in [-0.2, 0) is 11.3 Å². The minimum absolute atomic E-state index is 0.0639. The predicted octanol–water partition coefficient (Wildman–Crippen LogP) is 2.38. The van der Waals surface area contributed by atoms with Crippen LogP contribution in [0.15, 0.2) is 48.8 Å². The van der Waals surface area contributed by atoms with E-state index in [4.69, 9.17) is 4.74 Å². The van der Waals surface area contributed by atoms with Crippen molar-refractivity contribution in [1.29, 1.82) is 0 Å². The van der Waals surface area contributed by atoms with Gasteiger partial charge in [0, 0.05) is 25.5 Å². The van der Waals surface area contributed by atoms with Gasteiger partial charge >= 0.3 is 0 Å². The molecule has 1 N–H and O–H groups in total. The Morgan fingerprint density at radius 2 is 1.95 bits per heavy atom. The fraction of sp³-hybridized carbons (Fsp3) is 0.312. The smallest absolute Gasteiger partial charge is 0.257 e. The summed E-state index contributed by atoms with van der Waals surface area (Å²) in [5.74, 6) is 0.677. The Morgan fingerprint density at radius 1 is 1.20 bits per heavy atom. The molecule has 1 heterocycles. The fourth-order valence-corrected chi connectivity index (χ4v) is 1.92. The summed E-state index contributed by atoms with van der Waals surface area (Å²) in [6.45, 7) is 3.60. The molecule has 0 aliphatic rings. The molecule has 0 atom stereocenters. The van der Waals surface area contributed by atoms with Crippen molar-refractivity contribution in [2.24, 2.45) is 0 Å². The highest BCUT2D eigenvalue weighted by molar-refractivity contribution is 5.77. The minimum atomic E-state index is -0.0826. The molecule has 0 aliphatic carbocycles. The van der Waals surface area contributed by atoms with Gasteiger partial charge < -0.3 is 14.6 Å². The Bertz CT molecular complexity index is 535. The summed E-state index contributed by atoms with van der Waals surface area (Å²) in [7, 11) is 0. The number of aromatic nitrogens is 1. The number of hydrogen-bond acceptors (Lipinski definition) is 2. The van der Waals surface area contributed by atoms with Gasteiger partial charge in [0.2, 0.25) is 0 Å². The standard InChI is InChI=1S/C16H20N2O2/c1-14-7-2-3-8-15(14)20-13-16(19)17-9-6-12-18-10-4-5-11-18/h2-5,7-8,10-11H,6,9,12-13H2,1H3,(H,17,19). The van der Waals surface area contributed by atoms with E-state index in [9.17, 15) is 4.79 Å². The molecule has 1 amide bonds. The second kappa shape index (κ2) is 7.38. The third-order valence-corrected chi connectivity index (χ3v) is 3.03. The Morgan fingerprint density at radius 3 is 2.70 bits per heavy atom. The molecule has 0 aliphatic heterocycles. The molecule has 4 nitrogen and oxygen atoms in total. The SMILES string of the molecule is Cc1ccccc1OCC(=O)NCCCn1cccc1. The molecular formula is C16H20N2O2. The lowest BCUT2D eigenvalue weighted by atomic mass is 10.2. The van der Waals surface area contributed by atoms with Crippen LogP contribution in [0.2, 0.25) is 0 Å². The number of para-hydroxylation sites is 1. The third kappa shape index (κ3) is 4.46. The van der Waals surface area contributed by atoms with E-state index in [2.05, 4.69) is 9.88 Å². The average Bonchev–Trinajstić information content (AvgIpc) is 2.96. The van der Waals surface area contributed by atoms with Gasteiger partial charge in [0.1, 0.15) is 5.75 Å². The number of benzene rings is 1. The lowest BCUT2D eigenvalue weighted by Crippen LogP contribution is -2.30. The van der Waals surface area contributed by atoms with E-state index in [1.807, 2.05) is 55.7 Å². The van der Waals surface area contributed by atoms with E-state index in [0.29, 0.717) is 6.54 Å². The van der Waals surface area contributed by atoms with Gasteiger partial charge in [-0.1, -0.05) is 18.2 Å². The Hall–Kier alpha value is -2.23. The number of hydrogen-bond donors (Lipinski definition) is 1. The maximum absolute atomic E-state index is 11.6. The van der Waals surface area contributed by atoms with Crippen molar-refractivity contribution in [2.45, 2.75) is 19.9 Å². The molecule has 4 heteroatoms. The Labute approximate surface area is 119 Å². The van der Waals surface area contributed by atoms with Gasteiger partial charge in [-0.25, -0.2) is 0 Å². The van der Waals surface area contributed by atoms with Crippen LogP contribution in [0.25, 0.3) is 0 Å². The molecule has 1 aromatic carbocycles. The molecule has 20 heavy (non-hydrogen) atoms. The van der Waals surface area contributed by atoms with E-state index in [1.165, 1.54) is 0 Å². The normalized spacial score (nSPS) is 10.2. The molecule has 0 saturated heterocycles. The monoisotopic (exact) mass is 272 g/mol. The van der Waals surface area contributed by atoms with Crippen LogP contribution in [0.1, 0.15) is 12.0 Å². The van der Waals surface area contributed by atoms with Gasteiger partial charge in [0.25, 0.3) is 5.91 Å². The first-order valence-electron chi connectivity index (χ1n) is 6.81. The summed E-state index contributed by atoms with van der Waals surface area (Å²) in [5, 5.41) is 2.86. The van der Waals surface area contributed by atoms with E-state index in [0.717, 1.165) is 24.3 Å². The summed E-state index contributed by atoms with van der Waals surface area (Å²) in [5.41, 5.74) is 1.04. The van der Waals surface area contributed by atoms with Crippen molar-refractivity contribution in [3.8, 4) is 5.75 Å². The maximum Gasteiger partial charge on any atom is 0.257 e. The summed E-state index contributed by atoms with van der Waals surface area (Å²) in [6, 6.07) is 11.7. The van der Waals surface area contributed by atoms with E-state index < -0.39 is 0 Å². The summed E-state index contributed by atoms with van der Waals surface area (Å²) in [6.07, 6.45) is 4.94. The topological polar surface area (TPSA) is 43.3 Å². The van der Waals surface area contributed by atoms with Gasteiger partial charge in [0.15, 0.2) is 6.61 Å². The number of amides is 1. The van der Waals surface area contributed by atoms with Crippen molar-refractivity contribution in [1.82, 2.24) is 9.88 Å². The Balaban J connectivity index is 1.62. The number of aryl methyl sites for hydroxylation is 2. The molecule has 0 bridgehead atoms. The van der Waals surface area contributed by atoms with Gasteiger partial charge in [-0.2, -0.15) is 0 Å². The highest BCUT2D eigenvalue weighted by Gasteiger charge is 2.03. The predicted molar refractivity (Wildman–Crippen MR) is 78.7 cm³/mol. The van der Waals surface area contributed by atoms with Crippen LogP contribution in [0.3, 0.4) is 0 Å². The lowest BCUT2D eigenvalue weighted by molar-refractivity contribution is -0.123. The summed E-state index contributed by atoms with van der Waals surface area (Å²) < 4.78 is 7.58. The Kier molecular flexibility index (Phi) is 5.24. The fourth-order valence-electron chi connectivity index (χ4n) is 1.92. The second-order valence-corrected chi connectivity index (χ2v) is 4.68. The number of carbonyl (C=O) groups is 1. The number of ether oxygens (including phenoxy) is 1.